The van der Waals surface area contributed by atoms with E-state index >= 15 is 0 Å². The highest BCUT2D eigenvalue weighted by Gasteiger charge is 2.16. The first-order valence-corrected chi connectivity index (χ1v) is 4.96. The molecular formula is C10H18OSi. The first-order chi connectivity index (χ1) is 5.74. The molecule has 0 radical (unpaired) electrons. The molecule has 1 nitrogen and oxygen atoms in total. The van der Waals surface area contributed by atoms with Crippen molar-refractivity contribution in [1.82, 2.24) is 0 Å². The molecule has 0 aliphatic rings. The van der Waals surface area contributed by atoms with Crippen LogP contribution in [0.2, 0.25) is 0 Å². The average Bonchev–Trinajstić information content (AvgIpc) is 2.14. The van der Waals surface area contributed by atoms with Gasteiger partial charge < -0.3 is 4.43 Å². The average molecular weight is 182 g/mol. The van der Waals surface area contributed by atoms with Crippen LogP contribution in [0.1, 0.15) is 12.8 Å². The molecule has 12 heavy (non-hydrogen) atoms. The lowest BCUT2D eigenvalue weighted by molar-refractivity contribution is 0.321. The fraction of sp³-hybridized carbons (Fsp3) is 0.400. The second-order valence-electron chi connectivity index (χ2n) is 2.82. The summed E-state index contributed by atoms with van der Waals surface area (Å²) in [6.45, 7) is 12.2. The van der Waals surface area contributed by atoms with Crippen molar-refractivity contribution in [2.24, 2.45) is 5.41 Å². The molecule has 0 unspecified atom stereocenters. The lowest BCUT2D eigenvalue weighted by atomic mass is 9.84. The van der Waals surface area contributed by atoms with E-state index in [2.05, 4.69) is 19.7 Å². The van der Waals surface area contributed by atoms with E-state index < -0.39 is 0 Å². The SMILES string of the molecule is C=CC(C=C)(C=C)CCCO[SiH3]. The van der Waals surface area contributed by atoms with Crippen molar-refractivity contribution >= 4 is 10.5 Å². The molecule has 0 amide bonds. The zero-order chi connectivity index (χ0) is 9.45. The zero-order valence-electron chi connectivity index (χ0n) is 7.88. The van der Waals surface area contributed by atoms with Crippen LogP contribution in [0.5, 0.6) is 0 Å². The largest absolute Gasteiger partial charge is 0.428 e. The van der Waals surface area contributed by atoms with Gasteiger partial charge in [0, 0.05) is 12.0 Å². The minimum absolute atomic E-state index is 0.0971. The van der Waals surface area contributed by atoms with Crippen molar-refractivity contribution in [3.05, 3.63) is 38.0 Å². The van der Waals surface area contributed by atoms with Gasteiger partial charge in [-0.3, -0.25) is 0 Å². The summed E-state index contributed by atoms with van der Waals surface area (Å²) in [5, 5.41) is 0. The summed E-state index contributed by atoms with van der Waals surface area (Å²) in [6, 6.07) is 0. The molecule has 0 fully saturated rings. The van der Waals surface area contributed by atoms with Gasteiger partial charge >= 0.3 is 0 Å². The van der Waals surface area contributed by atoms with E-state index in [0.29, 0.717) is 0 Å². The Balaban J connectivity index is 4.02. The minimum atomic E-state index is -0.0971. The van der Waals surface area contributed by atoms with Crippen LogP contribution in [0.15, 0.2) is 38.0 Å². The van der Waals surface area contributed by atoms with Crippen LogP contribution in [0.25, 0.3) is 0 Å². The van der Waals surface area contributed by atoms with Crippen LogP contribution in [-0.4, -0.2) is 17.1 Å². The predicted molar refractivity (Wildman–Crippen MR) is 58.1 cm³/mol. The van der Waals surface area contributed by atoms with Gasteiger partial charge in [0.25, 0.3) is 0 Å². The molecule has 0 spiro atoms. The fourth-order valence-corrected chi connectivity index (χ4v) is 1.37. The topological polar surface area (TPSA) is 9.23 Å². The molecule has 0 saturated heterocycles. The third-order valence-electron chi connectivity index (χ3n) is 2.10. The molecule has 0 N–H and O–H groups in total. The van der Waals surface area contributed by atoms with Crippen LogP contribution in [0, 0.1) is 5.41 Å². The Labute approximate surface area is 78.4 Å². The zero-order valence-corrected chi connectivity index (χ0v) is 9.88. The van der Waals surface area contributed by atoms with E-state index in [1.165, 1.54) is 0 Å². The summed E-state index contributed by atoms with van der Waals surface area (Å²) in [6.07, 6.45) is 7.69. The van der Waals surface area contributed by atoms with Crippen LogP contribution >= 0.6 is 0 Å². The summed E-state index contributed by atoms with van der Waals surface area (Å²) in [7, 11) is 0.817. The van der Waals surface area contributed by atoms with Crippen LogP contribution in [0.4, 0.5) is 0 Å². The van der Waals surface area contributed by atoms with Crippen molar-refractivity contribution < 1.29 is 4.43 Å². The summed E-state index contributed by atoms with van der Waals surface area (Å²) in [5.41, 5.74) is -0.0971. The summed E-state index contributed by atoms with van der Waals surface area (Å²) < 4.78 is 5.11. The lowest BCUT2D eigenvalue weighted by Crippen LogP contribution is -2.11. The molecule has 0 aliphatic heterocycles. The summed E-state index contributed by atoms with van der Waals surface area (Å²) >= 11 is 0. The second-order valence-corrected chi connectivity index (χ2v) is 3.40. The van der Waals surface area contributed by atoms with Crippen LogP contribution in [-0.2, 0) is 4.43 Å². The quantitative estimate of drug-likeness (QED) is 0.330. The Kier molecular flexibility index (Phi) is 5.67. The Bertz CT molecular complexity index is 141. The smallest absolute Gasteiger partial charge is 0.145 e. The standard InChI is InChI=1S/C10H18OSi/c1-4-10(5-2,6-3)8-7-9-11-12/h4-6H,1-3,7-9H2,12H3. The number of allylic oxidation sites excluding steroid dienone is 3. The van der Waals surface area contributed by atoms with Gasteiger partial charge in [-0.25, -0.2) is 0 Å². The molecule has 0 aromatic carbocycles. The molecule has 0 aromatic heterocycles. The molecule has 68 valence electrons. The second kappa shape index (κ2) is 5.97. The maximum atomic E-state index is 5.11. The van der Waals surface area contributed by atoms with E-state index in [9.17, 15) is 0 Å². The predicted octanol–water partition coefficient (Wildman–Crippen LogP) is 1.61. The monoisotopic (exact) mass is 182 g/mol. The highest BCUT2D eigenvalue weighted by molar-refractivity contribution is 5.97. The van der Waals surface area contributed by atoms with Gasteiger partial charge in [0.05, 0.1) is 0 Å². The van der Waals surface area contributed by atoms with E-state index in [1.807, 2.05) is 18.2 Å². The molecule has 0 aliphatic carbocycles. The lowest BCUT2D eigenvalue weighted by Gasteiger charge is -2.21. The van der Waals surface area contributed by atoms with E-state index in [-0.39, 0.29) is 5.41 Å². The fourth-order valence-electron chi connectivity index (χ4n) is 1.08. The highest BCUT2D eigenvalue weighted by atomic mass is 28.2. The molecule has 0 aromatic rings. The first-order valence-electron chi connectivity index (χ1n) is 4.14. The third-order valence-corrected chi connectivity index (χ3v) is 2.51. The van der Waals surface area contributed by atoms with E-state index in [0.717, 1.165) is 29.9 Å². The molecule has 0 atom stereocenters. The summed E-state index contributed by atoms with van der Waals surface area (Å²) in [4.78, 5) is 0. The highest BCUT2D eigenvalue weighted by Crippen LogP contribution is 2.27. The molecule has 2 heteroatoms. The Morgan fingerprint density at radius 2 is 1.67 bits per heavy atom. The van der Waals surface area contributed by atoms with Crippen molar-refractivity contribution in [3.8, 4) is 0 Å². The third kappa shape index (κ3) is 3.20. The van der Waals surface area contributed by atoms with Crippen LogP contribution < -0.4 is 0 Å². The van der Waals surface area contributed by atoms with E-state index in [1.54, 1.807) is 0 Å². The maximum Gasteiger partial charge on any atom is 0.145 e. The van der Waals surface area contributed by atoms with Gasteiger partial charge in [0.2, 0.25) is 0 Å². The Morgan fingerprint density at radius 1 is 1.17 bits per heavy atom. The molecular weight excluding hydrogens is 164 g/mol. The van der Waals surface area contributed by atoms with Gasteiger partial charge in [-0.15, -0.1) is 19.7 Å². The molecule has 0 heterocycles. The maximum absolute atomic E-state index is 5.11. The van der Waals surface area contributed by atoms with Crippen molar-refractivity contribution in [1.29, 1.82) is 0 Å². The first kappa shape index (κ1) is 11.4. The van der Waals surface area contributed by atoms with Gasteiger partial charge in [0.15, 0.2) is 0 Å². The van der Waals surface area contributed by atoms with Crippen molar-refractivity contribution in [3.63, 3.8) is 0 Å². The van der Waals surface area contributed by atoms with Gasteiger partial charge in [-0.1, -0.05) is 18.2 Å². The number of hydrogen-bond donors (Lipinski definition) is 0. The van der Waals surface area contributed by atoms with Gasteiger partial charge in [0.1, 0.15) is 10.5 Å². The Morgan fingerprint density at radius 3 is 2.00 bits per heavy atom. The molecule has 0 rings (SSSR count). The molecule has 0 bridgehead atoms. The minimum Gasteiger partial charge on any atom is -0.428 e. The van der Waals surface area contributed by atoms with Crippen LogP contribution in [0.3, 0.4) is 0 Å². The molecule has 0 saturated carbocycles. The van der Waals surface area contributed by atoms with Crippen molar-refractivity contribution in [2.75, 3.05) is 6.61 Å². The Hall–Kier alpha value is -0.603. The number of hydrogen-bond acceptors (Lipinski definition) is 1. The summed E-state index contributed by atoms with van der Waals surface area (Å²) in [5.74, 6) is 0. The normalized spacial score (nSPS) is 11.0. The number of rotatable bonds is 7. The van der Waals surface area contributed by atoms with Gasteiger partial charge in [-0.05, 0) is 12.8 Å². The van der Waals surface area contributed by atoms with Crippen molar-refractivity contribution in [2.45, 2.75) is 12.8 Å². The van der Waals surface area contributed by atoms with E-state index in [4.69, 9.17) is 4.43 Å². The van der Waals surface area contributed by atoms with Gasteiger partial charge in [-0.2, -0.15) is 0 Å².